The number of nitrogens with zero attached hydrogens (tertiary/aromatic N) is 3. The molecule has 1 saturated heterocycles. The van der Waals surface area contributed by atoms with Crippen molar-refractivity contribution in [3.63, 3.8) is 0 Å². The van der Waals surface area contributed by atoms with Crippen LogP contribution in [0, 0.1) is 12.7 Å². The molecule has 3 aromatic rings. The number of rotatable bonds is 3. The number of azo groups is 1. The quantitative estimate of drug-likeness (QED) is 0.558. The normalized spacial score (nSPS) is 15.2. The van der Waals surface area contributed by atoms with Gasteiger partial charge in [-0.3, -0.25) is 0 Å². The molecule has 1 aliphatic rings. The smallest absolute Gasteiger partial charge is 0.221 e. The van der Waals surface area contributed by atoms with E-state index in [9.17, 15) is 9.50 Å². The zero-order valence-electron chi connectivity index (χ0n) is 13.4. The Balaban J connectivity index is 1.86. The number of thioether (sulfide) groups is 1. The van der Waals surface area contributed by atoms with Crippen LogP contribution in [-0.2, 0) is 0 Å². The molecule has 0 radical (unpaired) electrons. The summed E-state index contributed by atoms with van der Waals surface area (Å²) in [4.78, 5) is 0. The van der Waals surface area contributed by atoms with E-state index < -0.39 is 0 Å². The second kappa shape index (κ2) is 6.35. The van der Waals surface area contributed by atoms with Crippen molar-refractivity contribution in [1.29, 1.82) is 0 Å². The monoisotopic (exact) mass is 375 g/mol. The van der Waals surface area contributed by atoms with Gasteiger partial charge in [-0.1, -0.05) is 23.7 Å². The molecule has 4 rings (SSSR count). The van der Waals surface area contributed by atoms with Gasteiger partial charge in [0.25, 0.3) is 0 Å². The van der Waals surface area contributed by atoms with Crippen molar-refractivity contribution in [1.82, 2.24) is 4.57 Å². The molecule has 0 aliphatic carbocycles. The predicted octanol–water partition coefficient (Wildman–Crippen LogP) is 6.15. The molecule has 0 spiro atoms. The fraction of sp³-hybridized carbons (Fsp3) is 0.222. The molecule has 7 heteroatoms. The summed E-state index contributed by atoms with van der Waals surface area (Å²) in [5, 5.41) is 20.3. The highest BCUT2D eigenvalue weighted by Crippen LogP contribution is 2.45. The number of fused-ring (bicyclic) bond motifs is 1. The zero-order valence-corrected chi connectivity index (χ0v) is 15.0. The summed E-state index contributed by atoms with van der Waals surface area (Å²) in [7, 11) is 0. The van der Waals surface area contributed by atoms with Gasteiger partial charge in [0.05, 0.1) is 17.2 Å². The first-order valence-corrected chi connectivity index (χ1v) is 9.36. The van der Waals surface area contributed by atoms with Crippen molar-refractivity contribution in [2.75, 3.05) is 11.5 Å². The lowest BCUT2D eigenvalue weighted by molar-refractivity contribution is 0.404. The molecule has 4 nitrogen and oxygen atoms in total. The first-order valence-electron chi connectivity index (χ1n) is 7.83. The molecule has 2 aromatic carbocycles. The summed E-state index contributed by atoms with van der Waals surface area (Å²) in [6.45, 7) is 1.88. The van der Waals surface area contributed by atoms with Crippen LogP contribution >= 0.6 is 23.4 Å². The molecule has 1 aromatic heterocycles. The van der Waals surface area contributed by atoms with Gasteiger partial charge in [0, 0.05) is 21.9 Å². The second-order valence-electron chi connectivity index (χ2n) is 6.00. The number of aryl methyl sites for hydroxylation is 1. The SMILES string of the molecule is Cc1cc(Cl)ccc1N=Nc1c(O)n(C2CSC2)c2c(F)cccc12. The zero-order chi connectivity index (χ0) is 17.6. The molecule has 1 N–H and O–H groups in total. The fourth-order valence-corrected chi connectivity index (χ4v) is 3.92. The Morgan fingerprint density at radius 2 is 2.04 bits per heavy atom. The first kappa shape index (κ1) is 16.4. The Hall–Kier alpha value is -2.05. The average molecular weight is 376 g/mol. The molecular formula is C18H15ClFN3OS. The number of halogens is 2. The maximum absolute atomic E-state index is 14.4. The number of para-hydroxylation sites is 1. The van der Waals surface area contributed by atoms with Crippen LogP contribution in [0.3, 0.4) is 0 Å². The van der Waals surface area contributed by atoms with Crippen LogP contribution in [0.5, 0.6) is 5.88 Å². The summed E-state index contributed by atoms with van der Waals surface area (Å²) in [5.74, 6) is 1.28. The van der Waals surface area contributed by atoms with Crippen LogP contribution < -0.4 is 0 Å². The molecule has 25 heavy (non-hydrogen) atoms. The van der Waals surface area contributed by atoms with Gasteiger partial charge in [-0.2, -0.15) is 16.9 Å². The van der Waals surface area contributed by atoms with Crippen LogP contribution in [0.1, 0.15) is 11.6 Å². The average Bonchev–Trinajstić information content (AvgIpc) is 2.79. The Bertz CT molecular complexity index is 998. The molecule has 0 atom stereocenters. The Kier molecular flexibility index (Phi) is 4.17. The van der Waals surface area contributed by atoms with Gasteiger partial charge in [0.1, 0.15) is 5.82 Å². The van der Waals surface area contributed by atoms with Gasteiger partial charge in [0.2, 0.25) is 5.88 Å². The molecule has 128 valence electrons. The van der Waals surface area contributed by atoms with Crippen molar-refractivity contribution in [3.8, 4) is 5.88 Å². The van der Waals surface area contributed by atoms with Crippen LogP contribution in [0.2, 0.25) is 5.02 Å². The Morgan fingerprint density at radius 1 is 1.24 bits per heavy atom. The van der Waals surface area contributed by atoms with Crippen LogP contribution in [0.25, 0.3) is 10.9 Å². The van der Waals surface area contributed by atoms with E-state index in [4.69, 9.17) is 11.6 Å². The topological polar surface area (TPSA) is 49.9 Å². The highest BCUT2D eigenvalue weighted by molar-refractivity contribution is 8.00. The van der Waals surface area contributed by atoms with Crippen molar-refractivity contribution < 1.29 is 9.50 Å². The minimum absolute atomic E-state index is 0.0410. The standard InChI is InChI=1S/C18H15ClFN3OS/c1-10-7-11(19)5-6-15(10)21-22-16-13-3-2-4-14(20)17(13)23(18(16)24)12-8-25-9-12/h2-7,12,24H,8-9H2,1H3. The lowest BCUT2D eigenvalue weighted by atomic mass is 10.2. The van der Waals surface area contributed by atoms with Crippen LogP contribution in [0.4, 0.5) is 15.8 Å². The van der Waals surface area contributed by atoms with E-state index in [-0.39, 0.29) is 17.7 Å². The molecule has 0 amide bonds. The number of hydrogen-bond donors (Lipinski definition) is 1. The largest absolute Gasteiger partial charge is 0.493 e. The molecule has 0 bridgehead atoms. The third-order valence-electron chi connectivity index (χ3n) is 4.32. The molecule has 1 fully saturated rings. The van der Waals surface area contributed by atoms with Crippen LogP contribution in [-0.4, -0.2) is 21.2 Å². The van der Waals surface area contributed by atoms with Crippen LogP contribution in [0.15, 0.2) is 46.6 Å². The van der Waals surface area contributed by atoms with Gasteiger partial charge in [-0.15, -0.1) is 5.11 Å². The number of aromatic hydroxyl groups is 1. The second-order valence-corrected chi connectivity index (χ2v) is 7.51. The first-order chi connectivity index (χ1) is 12.1. The van der Waals surface area contributed by atoms with Gasteiger partial charge in [0.15, 0.2) is 5.69 Å². The third kappa shape index (κ3) is 2.79. The molecule has 1 aliphatic heterocycles. The lowest BCUT2D eigenvalue weighted by Gasteiger charge is -2.27. The summed E-state index contributed by atoms with van der Waals surface area (Å²) < 4.78 is 16.0. The van der Waals surface area contributed by atoms with Gasteiger partial charge in [-0.25, -0.2) is 4.39 Å². The molecular weight excluding hydrogens is 361 g/mol. The summed E-state index contributed by atoms with van der Waals surface area (Å²) >= 11 is 7.72. The van der Waals surface area contributed by atoms with Crippen molar-refractivity contribution in [2.24, 2.45) is 10.2 Å². The van der Waals surface area contributed by atoms with E-state index in [1.165, 1.54) is 6.07 Å². The van der Waals surface area contributed by atoms with E-state index in [0.717, 1.165) is 17.1 Å². The van der Waals surface area contributed by atoms with Gasteiger partial charge in [-0.05, 0) is 36.8 Å². The summed E-state index contributed by atoms with van der Waals surface area (Å²) in [6, 6.07) is 10.1. The Morgan fingerprint density at radius 3 is 2.72 bits per heavy atom. The van der Waals surface area contributed by atoms with E-state index >= 15 is 0 Å². The van der Waals surface area contributed by atoms with E-state index in [2.05, 4.69) is 10.2 Å². The Labute approximate surface area is 153 Å². The maximum atomic E-state index is 14.4. The highest BCUT2D eigenvalue weighted by atomic mass is 35.5. The number of aromatic nitrogens is 1. The van der Waals surface area contributed by atoms with E-state index in [1.54, 1.807) is 46.7 Å². The fourth-order valence-electron chi connectivity index (χ4n) is 2.95. The van der Waals surface area contributed by atoms with Gasteiger partial charge >= 0.3 is 0 Å². The lowest BCUT2D eigenvalue weighted by Crippen LogP contribution is -2.22. The minimum Gasteiger partial charge on any atom is -0.493 e. The minimum atomic E-state index is -0.367. The predicted molar refractivity (Wildman–Crippen MR) is 100 cm³/mol. The van der Waals surface area contributed by atoms with Crippen molar-refractivity contribution in [3.05, 3.63) is 52.8 Å². The van der Waals surface area contributed by atoms with Crippen molar-refractivity contribution in [2.45, 2.75) is 13.0 Å². The van der Waals surface area contributed by atoms with E-state index in [1.807, 2.05) is 6.92 Å². The maximum Gasteiger partial charge on any atom is 0.221 e. The molecule has 2 heterocycles. The van der Waals surface area contributed by atoms with E-state index in [0.29, 0.717) is 27.3 Å². The highest BCUT2D eigenvalue weighted by Gasteiger charge is 2.29. The summed E-state index contributed by atoms with van der Waals surface area (Å²) in [5.41, 5.74) is 2.20. The molecule has 0 unspecified atom stereocenters. The molecule has 0 saturated carbocycles. The number of benzene rings is 2. The number of hydrogen-bond acceptors (Lipinski definition) is 4. The third-order valence-corrected chi connectivity index (χ3v) is 5.80. The van der Waals surface area contributed by atoms with Gasteiger partial charge < -0.3 is 9.67 Å². The van der Waals surface area contributed by atoms with Crippen molar-refractivity contribution >= 4 is 45.6 Å². The summed E-state index contributed by atoms with van der Waals surface area (Å²) in [6.07, 6.45) is 0.